The molecule has 1 atom stereocenters. The van der Waals surface area contributed by atoms with E-state index in [4.69, 9.17) is 10.2 Å². The van der Waals surface area contributed by atoms with Gasteiger partial charge in [-0.15, -0.1) is 0 Å². The summed E-state index contributed by atoms with van der Waals surface area (Å²) in [5.41, 5.74) is 7.25. The SMILES string of the molecule is Cc1cc(C(C)NC(=O)c2sc(N)nc2C)c(C)o1. The Morgan fingerprint density at radius 2 is 2.16 bits per heavy atom. The first kappa shape index (κ1) is 13.6. The molecule has 3 N–H and O–H groups in total. The Morgan fingerprint density at radius 3 is 2.63 bits per heavy atom. The van der Waals surface area contributed by atoms with Gasteiger partial charge in [-0.2, -0.15) is 0 Å². The van der Waals surface area contributed by atoms with Crippen LogP contribution < -0.4 is 11.1 Å². The molecule has 0 aromatic carbocycles. The molecule has 0 aliphatic heterocycles. The number of thiazole rings is 1. The predicted molar refractivity (Wildman–Crippen MR) is 75.3 cm³/mol. The fraction of sp³-hybridized carbons (Fsp3) is 0.385. The van der Waals surface area contributed by atoms with E-state index in [9.17, 15) is 4.79 Å². The molecule has 6 heteroatoms. The van der Waals surface area contributed by atoms with Crippen molar-refractivity contribution in [3.8, 4) is 0 Å². The summed E-state index contributed by atoms with van der Waals surface area (Å²) in [7, 11) is 0. The molecule has 0 fully saturated rings. The zero-order valence-electron chi connectivity index (χ0n) is 11.4. The molecule has 0 radical (unpaired) electrons. The Bertz CT molecular complexity index is 615. The number of hydrogen-bond acceptors (Lipinski definition) is 5. The zero-order valence-corrected chi connectivity index (χ0v) is 12.2. The molecular formula is C13H17N3O2S. The van der Waals surface area contributed by atoms with E-state index in [-0.39, 0.29) is 11.9 Å². The molecule has 0 aliphatic rings. The van der Waals surface area contributed by atoms with Gasteiger partial charge in [-0.05, 0) is 33.8 Å². The Kier molecular flexibility index (Phi) is 3.61. The van der Waals surface area contributed by atoms with E-state index in [1.807, 2.05) is 26.8 Å². The van der Waals surface area contributed by atoms with Crippen LogP contribution in [-0.2, 0) is 0 Å². The number of nitrogens with zero attached hydrogens (tertiary/aromatic N) is 1. The van der Waals surface area contributed by atoms with Gasteiger partial charge in [0.1, 0.15) is 16.4 Å². The Morgan fingerprint density at radius 1 is 1.47 bits per heavy atom. The molecule has 0 spiro atoms. The van der Waals surface area contributed by atoms with Crippen molar-refractivity contribution < 1.29 is 9.21 Å². The number of anilines is 1. The summed E-state index contributed by atoms with van der Waals surface area (Å²) in [6, 6.07) is 1.82. The third-order valence-electron chi connectivity index (χ3n) is 2.91. The lowest BCUT2D eigenvalue weighted by atomic mass is 10.1. The molecular weight excluding hydrogens is 262 g/mol. The van der Waals surface area contributed by atoms with Crippen LogP contribution in [0.1, 0.15) is 45.4 Å². The van der Waals surface area contributed by atoms with Gasteiger partial charge in [-0.25, -0.2) is 4.98 Å². The summed E-state index contributed by atoms with van der Waals surface area (Å²) in [5.74, 6) is 1.51. The summed E-state index contributed by atoms with van der Waals surface area (Å²) in [5, 5.41) is 3.34. The first-order valence-corrected chi connectivity index (χ1v) is 6.81. The van der Waals surface area contributed by atoms with Gasteiger partial charge in [0.2, 0.25) is 0 Å². The molecule has 5 nitrogen and oxygen atoms in total. The van der Waals surface area contributed by atoms with Crippen LogP contribution in [0.3, 0.4) is 0 Å². The molecule has 1 unspecified atom stereocenters. The Hall–Kier alpha value is -1.82. The molecule has 0 saturated heterocycles. The van der Waals surface area contributed by atoms with Crippen molar-refractivity contribution in [3.05, 3.63) is 33.7 Å². The second kappa shape index (κ2) is 5.05. The maximum absolute atomic E-state index is 12.2. The van der Waals surface area contributed by atoms with E-state index in [0.29, 0.717) is 15.7 Å². The number of nitrogen functional groups attached to an aromatic ring is 1. The van der Waals surface area contributed by atoms with E-state index in [1.165, 1.54) is 11.3 Å². The van der Waals surface area contributed by atoms with E-state index in [2.05, 4.69) is 10.3 Å². The lowest BCUT2D eigenvalue weighted by Crippen LogP contribution is -2.26. The van der Waals surface area contributed by atoms with Crippen molar-refractivity contribution in [2.75, 3.05) is 5.73 Å². The number of nitrogens with two attached hydrogens (primary N) is 1. The number of rotatable bonds is 3. The standard InChI is InChI=1S/C13H17N3O2S/c1-6-5-10(9(4)18-6)7(2)15-12(17)11-8(3)16-13(14)19-11/h5,7H,1-4H3,(H2,14,16)(H,15,17). The molecule has 0 saturated carbocycles. The Balaban J connectivity index is 2.15. The van der Waals surface area contributed by atoms with Crippen molar-refractivity contribution in [2.24, 2.45) is 0 Å². The molecule has 0 aliphatic carbocycles. The van der Waals surface area contributed by atoms with Crippen LogP contribution in [-0.4, -0.2) is 10.9 Å². The highest BCUT2D eigenvalue weighted by atomic mass is 32.1. The summed E-state index contributed by atoms with van der Waals surface area (Å²) in [6.07, 6.45) is 0. The van der Waals surface area contributed by atoms with Crippen molar-refractivity contribution in [1.29, 1.82) is 0 Å². The number of carbonyl (C=O) groups is 1. The number of amides is 1. The fourth-order valence-electron chi connectivity index (χ4n) is 2.05. The topological polar surface area (TPSA) is 81.2 Å². The minimum absolute atomic E-state index is 0.118. The maximum Gasteiger partial charge on any atom is 0.263 e. The number of aromatic nitrogens is 1. The van der Waals surface area contributed by atoms with Gasteiger partial charge < -0.3 is 15.5 Å². The van der Waals surface area contributed by atoms with Gasteiger partial charge in [-0.1, -0.05) is 11.3 Å². The lowest BCUT2D eigenvalue weighted by Gasteiger charge is -2.12. The highest BCUT2D eigenvalue weighted by Crippen LogP contribution is 2.24. The number of aryl methyl sites for hydroxylation is 3. The minimum atomic E-state index is -0.155. The first-order valence-electron chi connectivity index (χ1n) is 5.99. The van der Waals surface area contributed by atoms with Crippen LogP contribution >= 0.6 is 11.3 Å². The van der Waals surface area contributed by atoms with Gasteiger partial charge in [0.05, 0.1) is 11.7 Å². The third kappa shape index (κ3) is 2.78. The van der Waals surface area contributed by atoms with Gasteiger partial charge in [0.25, 0.3) is 5.91 Å². The molecule has 2 aromatic rings. The minimum Gasteiger partial charge on any atom is -0.466 e. The molecule has 19 heavy (non-hydrogen) atoms. The van der Waals surface area contributed by atoms with E-state index in [1.54, 1.807) is 6.92 Å². The van der Waals surface area contributed by atoms with Gasteiger partial charge in [0, 0.05) is 5.56 Å². The average molecular weight is 279 g/mol. The zero-order chi connectivity index (χ0) is 14.2. The number of nitrogens with one attached hydrogen (secondary N) is 1. The third-order valence-corrected chi connectivity index (χ3v) is 3.90. The maximum atomic E-state index is 12.2. The highest BCUT2D eigenvalue weighted by molar-refractivity contribution is 7.17. The monoisotopic (exact) mass is 279 g/mol. The van der Waals surface area contributed by atoms with Crippen LogP contribution in [0, 0.1) is 20.8 Å². The number of hydrogen-bond donors (Lipinski definition) is 2. The summed E-state index contributed by atoms with van der Waals surface area (Å²) >= 11 is 1.20. The second-order valence-electron chi connectivity index (χ2n) is 4.53. The van der Waals surface area contributed by atoms with E-state index >= 15 is 0 Å². The quantitative estimate of drug-likeness (QED) is 0.905. The van der Waals surface area contributed by atoms with Gasteiger partial charge >= 0.3 is 0 Å². The molecule has 2 heterocycles. The van der Waals surface area contributed by atoms with Gasteiger partial charge in [0.15, 0.2) is 5.13 Å². The molecule has 0 bridgehead atoms. The van der Waals surface area contributed by atoms with Crippen LogP contribution in [0.5, 0.6) is 0 Å². The van der Waals surface area contributed by atoms with Crippen molar-refractivity contribution >= 4 is 22.4 Å². The van der Waals surface area contributed by atoms with Crippen LogP contribution in [0.2, 0.25) is 0 Å². The number of carbonyl (C=O) groups excluding carboxylic acids is 1. The molecule has 1 amide bonds. The summed E-state index contributed by atoms with van der Waals surface area (Å²) in [4.78, 5) is 16.8. The van der Waals surface area contributed by atoms with Crippen LogP contribution in [0.25, 0.3) is 0 Å². The van der Waals surface area contributed by atoms with Crippen LogP contribution in [0.15, 0.2) is 10.5 Å². The lowest BCUT2D eigenvalue weighted by molar-refractivity contribution is 0.0943. The van der Waals surface area contributed by atoms with Crippen molar-refractivity contribution in [1.82, 2.24) is 10.3 Å². The molecule has 2 rings (SSSR count). The summed E-state index contributed by atoms with van der Waals surface area (Å²) < 4.78 is 5.47. The number of furan rings is 1. The highest BCUT2D eigenvalue weighted by Gasteiger charge is 2.19. The Labute approximate surface area is 115 Å². The summed E-state index contributed by atoms with van der Waals surface area (Å²) in [6.45, 7) is 7.48. The first-order chi connectivity index (χ1) is 8.88. The smallest absolute Gasteiger partial charge is 0.263 e. The fourth-order valence-corrected chi connectivity index (χ4v) is 2.78. The molecule has 2 aromatic heterocycles. The van der Waals surface area contributed by atoms with Crippen LogP contribution in [0.4, 0.5) is 5.13 Å². The van der Waals surface area contributed by atoms with Crippen molar-refractivity contribution in [2.45, 2.75) is 33.7 Å². The predicted octanol–water partition coefficient (Wildman–Crippen LogP) is 2.73. The van der Waals surface area contributed by atoms with E-state index < -0.39 is 0 Å². The van der Waals surface area contributed by atoms with Gasteiger partial charge in [-0.3, -0.25) is 4.79 Å². The second-order valence-corrected chi connectivity index (χ2v) is 5.56. The van der Waals surface area contributed by atoms with Crippen molar-refractivity contribution in [3.63, 3.8) is 0 Å². The average Bonchev–Trinajstić information content (AvgIpc) is 2.81. The molecule has 102 valence electrons. The largest absolute Gasteiger partial charge is 0.466 e. The van der Waals surface area contributed by atoms with E-state index in [0.717, 1.165) is 17.1 Å². The normalized spacial score (nSPS) is 12.4.